The van der Waals surface area contributed by atoms with Crippen LogP contribution in [0.2, 0.25) is 0 Å². The third kappa shape index (κ3) is 4.71. The summed E-state index contributed by atoms with van der Waals surface area (Å²) in [6.45, 7) is 4.40. The molecule has 114 valence electrons. The number of amides is 3. The molecular formula is C13H23N3O4. The Balaban J connectivity index is 2.67. The average molecular weight is 285 g/mol. The topological polar surface area (TPSA) is 102 Å². The Kier molecular flexibility index (Phi) is 5.79. The van der Waals surface area contributed by atoms with Crippen molar-refractivity contribution in [1.82, 2.24) is 10.2 Å². The second kappa shape index (κ2) is 7.12. The van der Waals surface area contributed by atoms with E-state index in [0.29, 0.717) is 19.5 Å². The lowest BCUT2D eigenvalue weighted by molar-refractivity contribution is -0.142. The Morgan fingerprint density at radius 2 is 2.00 bits per heavy atom. The zero-order chi connectivity index (χ0) is 15.3. The summed E-state index contributed by atoms with van der Waals surface area (Å²) in [7, 11) is 1.33. The Bertz CT molecular complexity index is 384. The van der Waals surface area contributed by atoms with E-state index in [1.807, 2.05) is 0 Å². The minimum atomic E-state index is -0.539. The van der Waals surface area contributed by atoms with Gasteiger partial charge < -0.3 is 20.7 Å². The maximum Gasteiger partial charge on any atom is 0.314 e. The van der Waals surface area contributed by atoms with Crippen molar-refractivity contribution in [3.8, 4) is 0 Å². The summed E-state index contributed by atoms with van der Waals surface area (Å²) in [6, 6.07) is -0.718. The number of nitrogens with two attached hydrogens (primary N) is 1. The van der Waals surface area contributed by atoms with Crippen LogP contribution in [-0.4, -0.2) is 49.0 Å². The predicted octanol–water partition coefficient (Wildman–Crippen LogP) is 0.0909. The molecular weight excluding hydrogens is 262 g/mol. The number of rotatable bonds is 4. The van der Waals surface area contributed by atoms with Crippen LogP contribution in [0.4, 0.5) is 4.79 Å². The number of ether oxygens (including phenoxy) is 1. The third-order valence-electron chi connectivity index (χ3n) is 3.40. The summed E-state index contributed by atoms with van der Waals surface area (Å²) in [5, 5.41) is 2.88. The van der Waals surface area contributed by atoms with Crippen LogP contribution in [0, 0.1) is 11.8 Å². The van der Waals surface area contributed by atoms with E-state index in [0.717, 1.165) is 0 Å². The molecule has 1 rings (SSSR count). The van der Waals surface area contributed by atoms with Crippen LogP contribution in [-0.2, 0) is 14.3 Å². The van der Waals surface area contributed by atoms with Crippen molar-refractivity contribution in [2.24, 2.45) is 17.6 Å². The van der Waals surface area contributed by atoms with Gasteiger partial charge in [0.2, 0.25) is 5.91 Å². The molecule has 3 N–H and O–H groups in total. The number of nitrogens with zero attached hydrogens (tertiary/aromatic N) is 1. The fourth-order valence-corrected chi connectivity index (χ4v) is 2.32. The van der Waals surface area contributed by atoms with Gasteiger partial charge in [-0.15, -0.1) is 0 Å². The van der Waals surface area contributed by atoms with Crippen molar-refractivity contribution >= 4 is 17.9 Å². The molecule has 0 bridgehead atoms. The second-order valence-corrected chi connectivity index (χ2v) is 5.49. The molecule has 20 heavy (non-hydrogen) atoms. The summed E-state index contributed by atoms with van der Waals surface area (Å²) in [5.74, 6) is -0.576. The normalized spacial score (nSPS) is 22.5. The average Bonchev–Trinajstić information content (AvgIpc) is 2.37. The molecule has 1 fully saturated rings. The molecule has 0 aromatic rings. The van der Waals surface area contributed by atoms with Crippen molar-refractivity contribution in [1.29, 1.82) is 0 Å². The molecule has 2 atom stereocenters. The first-order chi connectivity index (χ1) is 9.33. The maximum absolute atomic E-state index is 11.7. The SMILES string of the molecule is COC(=O)CC1CC(NC(=O)C(C)C)CN(C(N)=O)C1. The molecule has 0 spiro atoms. The first kappa shape index (κ1) is 16.3. The summed E-state index contributed by atoms with van der Waals surface area (Å²) < 4.78 is 4.64. The highest BCUT2D eigenvalue weighted by Crippen LogP contribution is 2.20. The number of hydrogen-bond donors (Lipinski definition) is 2. The van der Waals surface area contributed by atoms with Crippen molar-refractivity contribution in [2.45, 2.75) is 32.7 Å². The number of hydrogen-bond acceptors (Lipinski definition) is 4. The lowest BCUT2D eigenvalue weighted by atomic mass is 9.91. The molecule has 1 heterocycles. The lowest BCUT2D eigenvalue weighted by Gasteiger charge is -2.37. The minimum Gasteiger partial charge on any atom is -0.469 e. The Labute approximate surface area is 118 Å². The van der Waals surface area contributed by atoms with Gasteiger partial charge in [-0.1, -0.05) is 13.8 Å². The van der Waals surface area contributed by atoms with Gasteiger partial charge in [-0.05, 0) is 12.3 Å². The number of nitrogens with one attached hydrogen (secondary N) is 1. The number of primary amides is 1. The number of urea groups is 1. The summed E-state index contributed by atoms with van der Waals surface area (Å²) >= 11 is 0. The zero-order valence-corrected chi connectivity index (χ0v) is 12.2. The van der Waals surface area contributed by atoms with Crippen molar-refractivity contribution < 1.29 is 19.1 Å². The highest BCUT2D eigenvalue weighted by molar-refractivity contribution is 5.78. The van der Waals surface area contributed by atoms with Gasteiger partial charge in [0, 0.05) is 25.0 Å². The van der Waals surface area contributed by atoms with E-state index in [2.05, 4.69) is 10.1 Å². The van der Waals surface area contributed by atoms with Crippen LogP contribution >= 0.6 is 0 Å². The van der Waals surface area contributed by atoms with Crippen molar-refractivity contribution in [2.75, 3.05) is 20.2 Å². The molecule has 1 aliphatic heterocycles. The van der Waals surface area contributed by atoms with Crippen LogP contribution in [0.3, 0.4) is 0 Å². The molecule has 0 saturated carbocycles. The van der Waals surface area contributed by atoms with Crippen LogP contribution in [0.5, 0.6) is 0 Å². The number of methoxy groups -OCH3 is 1. The second-order valence-electron chi connectivity index (χ2n) is 5.49. The Hall–Kier alpha value is -1.79. The smallest absolute Gasteiger partial charge is 0.314 e. The third-order valence-corrected chi connectivity index (χ3v) is 3.40. The highest BCUT2D eigenvalue weighted by Gasteiger charge is 2.31. The molecule has 7 heteroatoms. The van der Waals surface area contributed by atoms with Crippen LogP contribution in [0.25, 0.3) is 0 Å². The van der Waals surface area contributed by atoms with E-state index >= 15 is 0 Å². The van der Waals surface area contributed by atoms with E-state index in [4.69, 9.17) is 5.73 Å². The van der Waals surface area contributed by atoms with Gasteiger partial charge in [0.05, 0.1) is 13.5 Å². The molecule has 1 saturated heterocycles. The van der Waals surface area contributed by atoms with E-state index in [1.165, 1.54) is 12.0 Å². The minimum absolute atomic E-state index is 0.0545. The lowest BCUT2D eigenvalue weighted by Crippen LogP contribution is -2.54. The standard InChI is InChI=1S/C13H23N3O4/c1-8(2)12(18)15-10-4-9(5-11(17)20-3)6-16(7-10)13(14)19/h8-10H,4-7H2,1-3H3,(H2,14,19)(H,15,18). The van der Waals surface area contributed by atoms with Crippen LogP contribution in [0.1, 0.15) is 26.7 Å². The summed E-state index contributed by atoms with van der Waals surface area (Å²) in [4.78, 5) is 35.9. The number of carbonyl (C=O) groups is 3. The molecule has 7 nitrogen and oxygen atoms in total. The molecule has 3 amide bonds. The predicted molar refractivity (Wildman–Crippen MR) is 72.7 cm³/mol. The van der Waals surface area contributed by atoms with E-state index in [1.54, 1.807) is 13.8 Å². The zero-order valence-electron chi connectivity index (χ0n) is 12.2. The molecule has 0 radical (unpaired) electrons. The van der Waals surface area contributed by atoms with Gasteiger partial charge in [-0.25, -0.2) is 4.79 Å². The van der Waals surface area contributed by atoms with E-state index in [9.17, 15) is 14.4 Å². The van der Waals surface area contributed by atoms with E-state index < -0.39 is 6.03 Å². The van der Waals surface area contributed by atoms with Gasteiger partial charge in [0.25, 0.3) is 0 Å². The maximum atomic E-state index is 11.7. The first-order valence-corrected chi connectivity index (χ1v) is 6.75. The van der Waals surface area contributed by atoms with Gasteiger partial charge >= 0.3 is 12.0 Å². The van der Waals surface area contributed by atoms with Gasteiger partial charge in [0.15, 0.2) is 0 Å². The number of carbonyl (C=O) groups excluding carboxylic acids is 3. The molecule has 0 aliphatic carbocycles. The summed E-state index contributed by atoms with van der Waals surface area (Å²) in [5.41, 5.74) is 5.30. The molecule has 0 aromatic heterocycles. The van der Waals surface area contributed by atoms with E-state index in [-0.39, 0.29) is 36.2 Å². The van der Waals surface area contributed by atoms with Crippen LogP contribution in [0.15, 0.2) is 0 Å². The molecule has 1 aliphatic rings. The summed E-state index contributed by atoms with van der Waals surface area (Å²) in [6.07, 6.45) is 0.853. The number of likely N-dealkylation sites (tertiary alicyclic amines) is 1. The highest BCUT2D eigenvalue weighted by atomic mass is 16.5. The van der Waals surface area contributed by atoms with Crippen molar-refractivity contribution in [3.05, 3.63) is 0 Å². The fourth-order valence-electron chi connectivity index (χ4n) is 2.32. The number of esters is 1. The van der Waals surface area contributed by atoms with Crippen molar-refractivity contribution in [3.63, 3.8) is 0 Å². The number of piperidine rings is 1. The molecule has 0 aromatic carbocycles. The van der Waals surface area contributed by atoms with Gasteiger partial charge in [0.1, 0.15) is 0 Å². The Morgan fingerprint density at radius 1 is 1.35 bits per heavy atom. The monoisotopic (exact) mass is 285 g/mol. The Morgan fingerprint density at radius 3 is 2.50 bits per heavy atom. The molecule has 2 unspecified atom stereocenters. The van der Waals surface area contributed by atoms with Crippen LogP contribution < -0.4 is 11.1 Å². The van der Waals surface area contributed by atoms with Gasteiger partial charge in [-0.3, -0.25) is 9.59 Å². The quantitative estimate of drug-likeness (QED) is 0.715. The largest absolute Gasteiger partial charge is 0.469 e. The fraction of sp³-hybridized carbons (Fsp3) is 0.769. The van der Waals surface area contributed by atoms with Gasteiger partial charge in [-0.2, -0.15) is 0 Å². The first-order valence-electron chi connectivity index (χ1n) is 6.75.